The molecular formula is C23H20N4O. The lowest BCUT2D eigenvalue weighted by atomic mass is 10.2. The van der Waals surface area contributed by atoms with Gasteiger partial charge in [-0.05, 0) is 43.3 Å². The molecule has 138 valence electrons. The van der Waals surface area contributed by atoms with Crippen LogP contribution in [0.3, 0.4) is 0 Å². The number of para-hydroxylation sites is 4. The largest absolute Gasteiger partial charge is 0.326 e. The number of hydrogen-bond donors (Lipinski definition) is 1. The smallest absolute Gasteiger partial charge is 0.308 e. The highest BCUT2D eigenvalue weighted by molar-refractivity contribution is 6.01. The van der Waals surface area contributed by atoms with Crippen LogP contribution in [0.4, 0.5) is 16.2 Å². The van der Waals surface area contributed by atoms with Gasteiger partial charge in [0.25, 0.3) is 0 Å². The first kappa shape index (κ1) is 17.7. The van der Waals surface area contributed by atoms with E-state index in [9.17, 15) is 4.79 Å². The van der Waals surface area contributed by atoms with Crippen LogP contribution in [0.5, 0.6) is 0 Å². The van der Waals surface area contributed by atoms with E-state index in [0.29, 0.717) is 6.54 Å². The molecule has 0 unspecified atom stereocenters. The van der Waals surface area contributed by atoms with Crippen molar-refractivity contribution in [3.05, 3.63) is 96.3 Å². The van der Waals surface area contributed by atoms with E-state index < -0.39 is 0 Å². The lowest BCUT2D eigenvalue weighted by Gasteiger charge is -2.23. The number of aromatic nitrogens is 2. The van der Waals surface area contributed by atoms with Crippen molar-refractivity contribution in [2.45, 2.75) is 13.5 Å². The Hall–Kier alpha value is -3.73. The van der Waals surface area contributed by atoms with E-state index in [1.165, 1.54) is 0 Å². The van der Waals surface area contributed by atoms with Gasteiger partial charge in [0.2, 0.25) is 0 Å². The van der Waals surface area contributed by atoms with Crippen LogP contribution in [0, 0.1) is 6.92 Å². The number of aryl methyl sites for hydroxylation is 1. The third-order valence-electron chi connectivity index (χ3n) is 4.49. The molecule has 3 aromatic carbocycles. The fraction of sp³-hybridized carbons (Fsp3) is 0.0870. The predicted octanol–water partition coefficient (Wildman–Crippen LogP) is 5.18. The van der Waals surface area contributed by atoms with Crippen LogP contribution in [0.1, 0.15) is 11.4 Å². The van der Waals surface area contributed by atoms with Gasteiger partial charge < -0.3 is 5.32 Å². The summed E-state index contributed by atoms with van der Waals surface area (Å²) in [4.78, 5) is 24.1. The van der Waals surface area contributed by atoms with Gasteiger partial charge in [0, 0.05) is 11.4 Å². The van der Waals surface area contributed by atoms with E-state index in [1.807, 2.05) is 91.9 Å². The maximum atomic E-state index is 13.1. The monoisotopic (exact) mass is 368 g/mol. The van der Waals surface area contributed by atoms with Crippen molar-refractivity contribution in [2.75, 3.05) is 10.2 Å². The Balaban J connectivity index is 1.68. The Morgan fingerprint density at radius 1 is 0.821 bits per heavy atom. The minimum atomic E-state index is -0.216. The number of nitrogens with one attached hydrogen (secondary N) is 1. The molecule has 0 atom stereocenters. The van der Waals surface area contributed by atoms with E-state index in [4.69, 9.17) is 4.98 Å². The number of amides is 2. The molecule has 0 bridgehead atoms. The Kier molecular flexibility index (Phi) is 4.97. The summed E-state index contributed by atoms with van der Waals surface area (Å²) in [6, 6.07) is 26.5. The maximum absolute atomic E-state index is 13.1. The zero-order valence-electron chi connectivity index (χ0n) is 15.5. The van der Waals surface area contributed by atoms with Crippen molar-refractivity contribution in [1.29, 1.82) is 0 Å². The van der Waals surface area contributed by atoms with Crippen LogP contribution in [0.15, 0.2) is 84.9 Å². The molecule has 28 heavy (non-hydrogen) atoms. The lowest BCUT2D eigenvalue weighted by molar-refractivity contribution is 0.256. The summed E-state index contributed by atoms with van der Waals surface area (Å²) in [5, 5.41) is 2.96. The number of hydrogen-bond acceptors (Lipinski definition) is 3. The molecule has 0 aliphatic carbocycles. The van der Waals surface area contributed by atoms with E-state index in [2.05, 4.69) is 10.3 Å². The summed E-state index contributed by atoms with van der Waals surface area (Å²) in [6.07, 6.45) is 0. The van der Waals surface area contributed by atoms with Gasteiger partial charge in [0.05, 0.1) is 29.0 Å². The summed E-state index contributed by atoms with van der Waals surface area (Å²) >= 11 is 0. The Labute approximate surface area is 163 Å². The fourth-order valence-corrected chi connectivity index (χ4v) is 3.03. The normalized spacial score (nSPS) is 10.6. The molecule has 0 aliphatic heterocycles. The summed E-state index contributed by atoms with van der Waals surface area (Å²) in [6.45, 7) is 2.25. The van der Waals surface area contributed by atoms with Gasteiger partial charge in [-0.15, -0.1) is 0 Å². The van der Waals surface area contributed by atoms with Gasteiger partial charge in [-0.25, -0.2) is 14.8 Å². The molecule has 0 fully saturated rings. The third kappa shape index (κ3) is 3.83. The standard InChI is InChI=1S/C23H20N4O/c1-17-22(26-21-15-9-8-14-20(21)24-17)16-27(19-12-6-3-7-13-19)23(28)25-18-10-4-2-5-11-18/h2-15H,16H2,1H3,(H,25,28). The van der Waals surface area contributed by atoms with Crippen LogP contribution >= 0.6 is 0 Å². The van der Waals surface area contributed by atoms with E-state index in [0.717, 1.165) is 33.8 Å². The number of benzene rings is 3. The van der Waals surface area contributed by atoms with Crippen LogP contribution < -0.4 is 10.2 Å². The van der Waals surface area contributed by atoms with Crippen LogP contribution in [0.25, 0.3) is 11.0 Å². The minimum Gasteiger partial charge on any atom is -0.308 e. The van der Waals surface area contributed by atoms with Crippen molar-refractivity contribution >= 4 is 28.4 Å². The van der Waals surface area contributed by atoms with Crippen molar-refractivity contribution in [3.63, 3.8) is 0 Å². The SMILES string of the molecule is Cc1nc2ccccc2nc1CN(C(=O)Nc1ccccc1)c1ccccc1. The Morgan fingerprint density at radius 3 is 2.07 bits per heavy atom. The third-order valence-corrected chi connectivity index (χ3v) is 4.49. The van der Waals surface area contributed by atoms with Gasteiger partial charge in [-0.1, -0.05) is 48.5 Å². The average Bonchev–Trinajstić information content (AvgIpc) is 2.73. The number of nitrogens with zero attached hydrogens (tertiary/aromatic N) is 3. The molecule has 0 spiro atoms. The van der Waals surface area contributed by atoms with Crippen LogP contribution in [-0.2, 0) is 6.54 Å². The second-order valence-electron chi connectivity index (χ2n) is 6.46. The molecule has 5 heteroatoms. The number of fused-ring (bicyclic) bond motifs is 1. The highest BCUT2D eigenvalue weighted by atomic mass is 16.2. The highest BCUT2D eigenvalue weighted by Gasteiger charge is 2.19. The molecule has 0 saturated carbocycles. The predicted molar refractivity (Wildman–Crippen MR) is 112 cm³/mol. The van der Waals surface area contributed by atoms with Gasteiger partial charge >= 0.3 is 6.03 Å². The van der Waals surface area contributed by atoms with Gasteiger partial charge in [0.1, 0.15) is 0 Å². The van der Waals surface area contributed by atoms with Crippen molar-refractivity contribution in [2.24, 2.45) is 0 Å². The number of carbonyl (C=O) groups is 1. The van der Waals surface area contributed by atoms with Gasteiger partial charge in [-0.3, -0.25) is 4.90 Å². The first-order valence-corrected chi connectivity index (χ1v) is 9.11. The van der Waals surface area contributed by atoms with Crippen LogP contribution in [-0.4, -0.2) is 16.0 Å². The average molecular weight is 368 g/mol. The van der Waals surface area contributed by atoms with E-state index in [1.54, 1.807) is 4.90 Å². The second kappa shape index (κ2) is 7.88. The molecule has 0 aliphatic rings. The first-order valence-electron chi connectivity index (χ1n) is 9.11. The summed E-state index contributed by atoms with van der Waals surface area (Å²) < 4.78 is 0. The second-order valence-corrected chi connectivity index (χ2v) is 6.46. The van der Waals surface area contributed by atoms with E-state index in [-0.39, 0.29) is 6.03 Å². The first-order chi connectivity index (χ1) is 13.7. The molecule has 2 amide bonds. The van der Waals surface area contributed by atoms with Gasteiger partial charge in [-0.2, -0.15) is 0 Å². The maximum Gasteiger partial charge on any atom is 0.326 e. The summed E-state index contributed by atoms with van der Waals surface area (Å²) in [5.74, 6) is 0. The molecular weight excluding hydrogens is 348 g/mol. The van der Waals surface area contributed by atoms with Crippen molar-refractivity contribution in [3.8, 4) is 0 Å². The number of rotatable bonds is 4. The summed E-state index contributed by atoms with van der Waals surface area (Å²) in [7, 11) is 0. The molecule has 5 nitrogen and oxygen atoms in total. The molecule has 1 N–H and O–H groups in total. The summed E-state index contributed by atoms with van der Waals surface area (Å²) in [5.41, 5.74) is 4.79. The minimum absolute atomic E-state index is 0.216. The molecule has 1 aromatic heterocycles. The zero-order chi connectivity index (χ0) is 19.3. The van der Waals surface area contributed by atoms with Crippen LogP contribution in [0.2, 0.25) is 0 Å². The fourth-order valence-electron chi connectivity index (χ4n) is 3.03. The lowest BCUT2D eigenvalue weighted by Crippen LogP contribution is -2.35. The highest BCUT2D eigenvalue weighted by Crippen LogP contribution is 2.20. The number of carbonyl (C=O) groups excluding carboxylic acids is 1. The molecule has 4 aromatic rings. The topological polar surface area (TPSA) is 58.1 Å². The van der Waals surface area contributed by atoms with Gasteiger partial charge in [0.15, 0.2) is 0 Å². The quantitative estimate of drug-likeness (QED) is 0.540. The van der Waals surface area contributed by atoms with Crippen molar-refractivity contribution in [1.82, 2.24) is 9.97 Å². The molecule has 0 radical (unpaired) electrons. The Morgan fingerprint density at radius 2 is 1.39 bits per heavy atom. The molecule has 1 heterocycles. The Bertz CT molecular complexity index is 1100. The zero-order valence-corrected chi connectivity index (χ0v) is 15.5. The number of anilines is 2. The van der Waals surface area contributed by atoms with E-state index >= 15 is 0 Å². The number of urea groups is 1. The van der Waals surface area contributed by atoms with Crippen molar-refractivity contribution < 1.29 is 4.79 Å². The molecule has 4 rings (SSSR count). The molecule has 0 saturated heterocycles.